The van der Waals surface area contributed by atoms with E-state index < -0.39 is 48.0 Å². The average molecular weight is 628 g/mol. The van der Waals surface area contributed by atoms with Crippen molar-refractivity contribution in [3.8, 4) is 11.6 Å². The lowest BCUT2D eigenvalue weighted by molar-refractivity contribution is -0.152. The van der Waals surface area contributed by atoms with Gasteiger partial charge in [0.1, 0.15) is 24.2 Å². The lowest BCUT2D eigenvalue weighted by Gasteiger charge is -2.33. The Morgan fingerprint density at radius 3 is 2.49 bits per heavy atom. The van der Waals surface area contributed by atoms with Gasteiger partial charge in [0.25, 0.3) is 5.92 Å². The minimum absolute atomic E-state index is 0.0124. The molecule has 2 aliphatic heterocycles. The van der Waals surface area contributed by atoms with Crippen LogP contribution in [0, 0.1) is 23.7 Å². The van der Waals surface area contributed by atoms with Gasteiger partial charge in [-0.05, 0) is 62.5 Å². The van der Waals surface area contributed by atoms with Gasteiger partial charge in [0, 0.05) is 18.4 Å². The van der Waals surface area contributed by atoms with Crippen LogP contribution in [0.25, 0.3) is 11.0 Å². The molecule has 244 valence electrons. The SMILES string of the molecule is CC[C@@H]1[C@@H]2CN(C(=O)[C@H](C3CCCCC3)CC(=O)O[C@@H]3C[C@H]3CCCCC(F)(F)c3nc4ccc(OC)cc4nc3O2)[C@@H]1C=O. The monoisotopic (exact) mass is 627 g/mol. The van der Waals surface area contributed by atoms with E-state index in [0.717, 1.165) is 38.4 Å². The Morgan fingerprint density at radius 2 is 1.76 bits per heavy atom. The van der Waals surface area contributed by atoms with E-state index in [1.165, 1.54) is 12.0 Å². The van der Waals surface area contributed by atoms with E-state index in [2.05, 4.69) is 9.97 Å². The van der Waals surface area contributed by atoms with E-state index in [1.54, 1.807) is 18.2 Å². The predicted molar refractivity (Wildman–Crippen MR) is 161 cm³/mol. The highest BCUT2D eigenvalue weighted by Crippen LogP contribution is 2.44. The summed E-state index contributed by atoms with van der Waals surface area (Å²) in [4.78, 5) is 50.4. The van der Waals surface area contributed by atoms with Crippen LogP contribution in [-0.4, -0.2) is 64.9 Å². The summed E-state index contributed by atoms with van der Waals surface area (Å²) in [6.07, 6.45) is 6.68. The number of hydrogen-bond donors (Lipinski definition) is 0. The molecule has 45 heavy (non-hydrogen) atoms. The molecule has 2 aliphatic carbocycles. The number of esters is 1. The topological polar surface area (TPSA) is 108 Å². The fourth-order valence-corrected chi connectivity index (χ4v) is 7.69. The van der Waals surface area contributed by atoms with Crippen LogP contribution in [0.5, 0.6) is 11.6 Å². The van der Waals surface area contributed by atoms with Crippen molar-refractivity contribution >= 4 is 29.2 Å². The lowest BCUT2D eigenvalue weighted by Crippen LogP contribution is -2.45. The number of carbonyl (C=O) groups is 3. The molecule has 0 unspecified atom stereocenters. The molecule has 1 aromatic heterocycles. The van der Waals surface area contributed by atoms with Crippen molar-refractivity contribution in [2.45, 2.75) is 108 Å². The quantitative estimate of drug-likeness (QED) is 0.300. The van der Waals surface area contributed by atoms with Gasteiger partial charge in [-0.2, -0.15) is 8.78 Å². The van der Waals surface area contributed by atoms with E-state index in [1.807, 2.05) is 6.92 Å². The molecule has 2 aromatic rings. The minimum atomic E-state index is -3.33. The summed E-state index contributed by atoms with van der Waals surface area (Å²) in [6.45, 7) is 1.90. The number of carbonyl (C=O) groups excluding carboxylic acids is 3. The molecule has 4 aliphatic rings. The number of fused-ring (bicyclic) bond motifs is 5. The predicted octanol–water partition coefficient (Wildman–Crippen LogP) is 6.01. The van der Waals surface area contributed by atoms with Crippen LogP contribution in [0.2, 0.25) is 0 Å². The summed E-state index contributed by atoms with van der Waals surface area (Å²) in [5.41, 5.74) is 0.0912. The molecular formula is C34H43F2N3O6. The lowest BCUT2D eigenvalue weighted by atomic mass is 9.77. The van der Waals surface area contributed by atoms with Crippen LogP contribution < -0.4 is 9.47 Å². The number of rotatable bonds is 4. The second-order valence-corrected chi connectivity index (χ2v) is 13.3. The highest BCUT2D eigenvalue weighted by Gasteiger charge is 2.49. The van der Waals surface area contributed by atoms with Crippen molar-refractivity contribution < 1.29 is 37.4 Å². The fraction of sp³-hybridized carbons (Fsp3) is 0.676. The Labute approximate surface area is 262 Å². The Bertz CT molecular complexity index is 1420. The minimum Gasteiger partial charge on any atom is -0.497 e. The Hall–Kier alpha value is -3.37. The molecule has 1 amide bonds. The van der Waals surface area contributed by atoms with Gasteiger partial charge in [-0.1, -0.05) is 32.6 Å². The summed E-state index contributed by atoms with van der Waals surface area (Å²) < 4.78 is 49.3. The maximum Gasteiger partial charge on any atom is 0.306 e. The van der Waals surface area contributed by atoms with Gasteiger partial charge in [0.05, 0.1) is 43.1 Å². The molecule has 0 N–H and O–H groups in total. The van der Waals surface area contributed by atoms with E-state index in [9.17, 15) is 14.4 Å². The number of aromatic nitrogens is 2. The Balaban J connectivity index is 1.39. The number of methoxy groups -OCH3 is 1. The van der Waals surface area contributed by atoms with Gasteiger partial charge in [-0.3, -0.25) is 9.59 Å². The maximum atomic E-state index is 15.9. The molecule has 2 bridgehead atoms. The summed E-state index contributed by atoms with van der Waals surface area (Å²) in [6, 6.07) is 4.04. The molecule has 6 atom stereocenters. The molecule has 2 saturated carbocycles. The zero-order chi connectivity index (χ0) is 31.7. The molecule has 3 heterocycles. The Morgan fingerprint density at radius 1 is 1.00 bits per heavy atom. The van der Waals surface area contributed by atoms with Crippen LogP contribution >= 0.6 is 0 Å². The van der Waals surface area contributed by atoms with Gasteiger partial charge >= 0.3 is 5.97 Å². The van der Waals surface area contributed by atoms with Crippen molar-refractivity contribution in [1.29, 1.82) is 0 Å². The third kappa shape index (κ3) is 6.63. The molecule has 6 rings (SSSR count). The molecule has 11 heteroatoms. The van der Waals surface area contributed by atoms with E-state index in [4.69, 9.17) is 14.2 Å². The maximum absolute atomic E-state index is 15.9. The second kappa shape index (κ2) is 13.2. The number of benzene rings is 1. The number of amides is 1. The summed E-state index contributed by atoms with van der Waals surface area (Å²) >= 11 is 0. The second-order valence-electron chi connectivity index (χ2n) is 13.3. The summed E-state index contributed by atoms with van der Waals surface area (Å²) in [5, 5.41) is 0. The first-order chi connectivity index (χ1) is 21.7. The Kier molecular flexibility index (Phi) is 9.24. The highest BCUT2D eigenvalue weighted by atomic mass is 19.3. The van der Waals surface area contributed by atoms with Crippen LogP contribution in [0.3, 0.4) is 0 Å². The number of hydrogen-bond acceptors (Lipinski definition) is 8. The van der Waals surface area contributed by atoms with Crippen LogP contribution in [0.1, 0.15) is 89.7 Å². The van der Waals surface area contributed by atoms with Crippen LogP contribution in [-0.2, 0) is 25.0 Å². The van der Waals surface area contributed by atoms with Crippen molar-refractivity contribution in [2.24, 2.45) is 23.7 Å². The van der Waals surface area contributed by atoms with E-state index in [-0.39, 0.29) is 49.1 Å². The van der Waals surface area contributed by atoms with Crippen molar-refractivity contribution in [3.63, 3.8) is 0 Å². The molecule has 1 aromatic carbocycles. The standard InChI is InChI=1S/C34H43F2N3O6/c1-3-23-27(19-40)39-18-29(23)45-32-31(37-25-13-12-22(43-2)16-26(25)38-32)34(35,36)14-8-7-11-21-15-28(21)44-30(41)17-24(33(39)42)20-9-5-4-6-10-20/h12-13,16,19-21,23-24,27-29H,3-11,14-15,17-18H2,1-2H3/t21-,23+,24+,27-,28-,29+/m1/s1. The molecule has 3 fully saturated rings. The van der Waals surface area contributed by atoms with Gasteiger partial charge in [0.15, 0.2) is 5.69 Å². The van der Waals surface area contributed by atoms with Gasteiger partial charge in [-0.25, -0.2) is 9.97 Å². The number of nitrogens with zero attached hydrogens (tertiary/aromatic N) is 3. The van der Waals surface area contributed by atoms with Gasteiger partial charge in [0.2, 0.25) is 11.8 Å². The first-order valence-electron chi connectivity index (χ1n) is 16.6. The zero-order valence-electron chi connectivity index (χ0n) is 26.1. The zero-order valence-corrected chi connectivity index (χ0v) is 26.1. The molecule has 9 nitrogen and oxygen atoms in total. The highest BCUT2D eigenvalue weighted by molar-refractivity contribution is 5.87. The summed E-state index contributed by atoms with van der Waals surface area (Å²) in [5.74, 6) is -4.70. The molecule has 0 radical (unpaired) electrons. The number of halogens is 2. The number of aldehydes is 1. The first kappa shape index (κ1) is 31.6. The molecule has 0 spiro atoms. The van der Waals surface area contributed by atoms with E-state index >= 15 is 8.78 Å². The van der Waals surface area contributed by atoms with Gasteiger partial charge in [-0.15, -0.1) is 0 Å². The summed E-state index contributed by atoms with van der Waals surface area (Å²) in [7, 11) is 1.51. The first-order valence-corrected chi connectivity index (χ1v) is 16.6. The third-order valence-corrected chi connectivity index (χ3v) is 10.4. The number of alkyl halides is 2. The van der Waals surface area contributed by atoms with Crippen molar-refractivity contribution in [3.05, 3.63) is 23.9 Å². The van der Waals surface area contributed by atoms with Gasteiger partial charge < -0.3 is 23.9 Å². The van der Waals surface area contributed by atoms with Crippen molar-refractivity contribution in [2.75, 3.05) is 13.7 Å². The normalized spacial score (nSPS) is 31.2. The van der Waals surface area contributed by atoms with Crippen molar-refractivity contribution in [1.82, 2.24) is 14.9 Å². The van der Waals surface area contributed by atoms with Crippen LogP contribution in [0.4, 0.5) is 8.78 Å². The molecular weight excluding hydrogens is 584 g/mol. The third-order valence-electron chi connectivity index (χ3n) is 10.4. The smallest absolute Gasteiger partial charge is 0.306 e. The largest absolute Gasteiger partial charge is 0.497 e. The fourth-order valence-electron chi connectivity index (χ4n) is 7.69. The average Bonchev–Trinajstić information content (AvgIpc) is 3.68. The van der Waals surface area contributed by atoms with Crippen LogP contribution in [0.15, 0.2) is 18.2 Å². The molecule has 1 saturated heterocycles. The van der Waals surface area contributed by atoms with E-state index in [0.29, 0.717) is 42.5 Å². The number of ether oxygens (including phenoxy) is 3.